The maximum atomic E-state index is 12.4. The number of ether oxygens (including phenoxy) is 2. The smallest absolute Gasteiger partial charge is 0.234 e. The van der Waals surface area contributed by atoms with Crippen molar-refractivity contribution < 1.29 is 14.3 Å². The number of carbonyl (C=O) groups excluding carboxylic acids is 1. The first-order chi connectivity index (χ1) is 13.2. The van der Waals surface area contributed by atoms with Crippen LogP contribution in [0.4, 0.5) is 5.69 Å². The van der Waals surface area contributed by atoms with Gasteiger partial charge in [-0.05, 0) is 45.7 Å². The van der Waals surface area contributed by atoms with Gasteiger partial charge in [-0.2, -0.15) is 0 Å². The van der Waals surface area contributed by atoms with Crippen molar-refractivity contribution in [2.24, 2.45) is 0 Å². The lowest BCUT2D eigenvalue weighted by molar-refractivity contribution is -0.113. The van der Waals surface area contributed by atoms with E-state index < -0.39 is 0 Å². The normalized spacial score (nSPS) is 13.4. The number of rotatable bonds is 10. The molecule has 1 aliphatic rings. The molecule has 1 amide bonds. The Morgan fingerprint density at radius 1 is 1.19 bits per heavy atom. The van der Waals surface area contributed by atoms with Crippen molar-refractivity contribution in [2.45, 2.75) is 51.2 Å². The number of carbonyl (C=O) groups is 1. The molecule has 7 nitrogen and oxygen atoms in total. The van der Waals surface area contributed by atoms with E-state index in [9.17, 15) is 4.79 Å². The molecule has 1 N–H and O–H groups in total. The standard InChI is InChI=1S/C19H26N4O3S/c1-4-23-18(13-7-8-13)21-22-19(23)27-12-17(24)20-14-9-10-15(25-5-2)16(11-14)26-6-3/h9-11,13H,4-8,12H2,1-3H3,(H,20,24). The molecule has 0 aliphatic heterocycles. The molecular formula is C19H26N4O3S. The lowest BCUT2D eigenvalue weighted by Gasteiger charge is -2.13. The average Bonchev–Trinajstić information content (AvgIpc) is 3.42. The number of amides is 1. The highest BCUT2D eigenvalue weighted by atomic mass is 32.2. The second kappa shape index (κ2) is 9.12. The quantitative estimate of drug-likeness (QED) is 0.623. The third-order valence-electron chi connectivity index (χ3n) is 4.16. The molecule has 2 aromatic rings. The van der Waals surface area contributed by atoms with E-state index in [2.05, 4.69) is 27.0 Å². The summed E-state index contributed by atoms with van der Waals surface area (Å²) >= 11 is 1.41. The van der Waals surface area contributed by atoms with Crippen LogP contribution in [0.3, 0.4) is 0 Å². The van der Waals surface area contributed by atoms with Crippen molar-refractivity contribution in [2.75, 3.05) is 24.3 Å². The molecule has 8 heteroatoms. The van der Waals surface area contributed by atoms with E-state index in [1.165, 1.54) is 24.6 Å². The van der Waals surface area contributed by atoms with Crippen molar-refractivity contribution in [1.29, 1.82) is 0 Å². The number of hydrogen-bond acceptors (Lipinski definition) is 6. The van der Waals surface area contributed by atoms with Crippen LogP contribution in [0, 0.1) is 0 Å². The van der Waals surface area contributed by atoms with Crippen molar-refractivity contribution in [3.8, 4) is 11.5 Å². The summed E-state index contributed by atoms with van der Waals surface area (Å²) in [7, 11) is 0. The first-order valence-electron chi connectivity index (χ1n) is 9.41. The number of hydrogen-bond donors (Lipinski definition) is 1. The lowest BCUT2D eigenvalue weighted by Crippen LogP contribution is -2.15. The molecule has 146 valence electrons. The van der Waals surface area contributed by atoms with Crippen molar-refractivity contribution >= 4 is 23.4 Å². The molecule has 1 heterocycles. The van der Waals surface area contributed by atoms with Crippen LogP contribution in [-0.4, -0.2) is 39.6 Å². The van der Waals surface area contributed by atoms with Crippen LogP contribution in [0.2, 0.25) is 0 Å². The van der Waals surface area contributed by atoms with Gasteiger partial charge < -0.3 is 19.4 Å². The van der Waals surface area contributed by atoms with E-state index >= 15 is 0 Å². The van der Waals surface area contributed by atoms with Gasteiger partial charge in [-0.1, -0.05) is 11.8 Å². The first-order valence-corrected chi connectivity index (χ1v) is 10.4. The molecule has 0 saturated heterocycles. The third kappa shape index (κ3) is 4.94. The highest BCUT2D eigenvalue weighted by molar-refractivity contribution is 7.99. The largest absolute Gasteiger partial charge is 0.490 e. The highest BCUT2D eigenvalue weighted by Gasteiger charge is 2.30. The van der Waals surface area contributed by atoms with Crippen LogP contribution in [0.25, 0.3) is 0 Å². The number of anilines is 1. The Morgan fingerprint density at radius 2 is 1.93 bits per heavy atom. The van der Waals surface area contributed by atoms with Gasteiger partial charge in [0.1, 0.15) is 5.82 Å². The Balaban J connectivity index is 1.60. The maximum Gasteiger partial charge on any atom is 0.234 e. The number of nitrogens with one attached hydrogen (secondary N) is 1. The van der Waals surface area contributed by atoms with Gasteiger partial charge in [-0.25, -0.2) is 0 Å². The minimum atomic E-state index is -0.0924. The second-order valence-electron chi connectivity index (χ2n) is 6.22. The van der Waals surface area contributed by atoms with Gasteiger partial charge >= 0.3 is 0 Å². The van der Waals surface area contributed by atoms with Crippen molar-refractivity contribution in [3.05, 3.63) is 24.0 Å². The molecule has 1 aromatic heterocycles. The molecular weight excluding hydrogens is 364 g/mol. The highest BCUT2D eigenvalue weighted by Crippen LogP contribution is 2.40. The maximum absolute atomic E-state index is 12.4. The summed E-state index contributed by atoms with van der Waals surface area (Å²) in [4.78, 5) is 12.4. The third-order valence-corrected chi connectivity index (χ3v) is 5.13. The zero-order valence-corrected chi connectivity index (χ0v) is 16.8. The number of nitrogens with zero attached hydrogens (tertiary/aromatic N) is 3. The minimum absolute atomic E-state index is 0.0924. The Hall–Kier alpha value is -2.22. The lowest BCUT2D eigenvalue weighted by atomic mass is 10.2. The fourth-order valence-corrected chi connectivity index (χ4v) is 3.61. The summed E-state index contributed by atoms with van der Waals surface area (Å²) < 4.78 is 13.3. The zero-order valence-electron chi connectivity index (χ0n) is 16.0. The van der Waals surface area contributed by atoms with Crippen LogP contribution in [0.15, 0.2) is 23.4 Å². The van der Waals surface area contributed by atoms with Gasteiger partial charge in [0, 0.05) is 24.2 Å². The second-order valence-corrected chi connectivity index (χ2v) is 7.17. The van der Waals surface area contributed by atoms with Gasteiger partial charge in [0.25, 0.3) is 0 Å². The summed E-state index contributed by atoms with van der Waals surface area (Å²) in [6.45, 7) is 7.82. The molecule has 1 aromatic carbocycles. The minimum Gasteiger partial charge on any atom is -0.490 e. The van der Waals surface area contributed by atoms with Crippen molar-refractivity contribution in [1.82, 2.24) is 14.8 Å². The van der Waals surface area contributed by atoms with Crippen LogP contribution < -0.4 is 14.8 Å². The molecule has 3 rings (SSSR count). The molecule has 0 bridgehead atoms. The number of benzene rings is 1. The van der Waals surface area contributed by atoms with Gasteiger partial charge in [0.05, 0.1) is 19.0 Å². The number of thioether (sulfide) groups is 1. The topological polar surface area (TPSA) is 78.3 Å². The van der Waals surface area contributed by atoms with Gasteiger partial charge in [-0.3, -0.25) is 4.79 Å². The van der Waals surface area contributed by atoms with Gasteiger partial charge in [0.2, 0.25) is 5.91 Å². The van der Waals surface area contributed by atoms with Crippen LogP contribution in [-0.2, 0) is 11.3 Å². The molecule has 1 saturated carbocycles. The Labute approximate surface area is 163 Å². The van der Waals surface area contributed by atoms with Crippen molar-refractivity contribution in [3.63, 3.8) is 0 Å². The molecule has 0 atom stereocenters. The van der Waals surface area contributed by atoms with Gasteiger partial charge in [0.15, 0.2) is 16.7 Å². The summed E-state index contributed by atoms with van der Waals surface area (Å²) in [6, 6.07) is 5.42. The summed E-state index contributed by atoms with van der Waals surface area (Å²) in [6.07, 6.45) is 2.37. The van der Waals surface area contributed by atoms with E-state index in [1.807, 2.05) is 26.0 Å². The van der Waals surface area contributed by atoms with E-state index in [4.69, 9.17) is 9.47 Å². The summed E-state index contributed by atoms with van der Waals surface area (Å²) in [5.74, 6) is 3.08. The summed E-state index contributed by atoms with van der Waals surface area (Å²) in [5.41, 5.74) is 0.683. The fourth-order valence-electron chi connectivity index (χ4n) is 2.80. The molecule has 0 unspecified atom stereocenters. The monoisotopic (exact) mass is 390 g/mol. The molecule has 1 aliphatic carbocycles. The zero-order chi connectivity index (χ0) is 19.2. The Bertz CT molecular complexity index is 789. The van der Waals surface area contributed by atoms with E-state index in [0.29, 0.717) is 36.3 Å². The fraction of sp³-hybridized carbons (Fsp3) is 0.526. The Kier molecular flexibility index (Phi) is 6.60. The van der Waals surface area contributed by atoms with Gasteiger partial charge in [-0.15, -0.1) is 10.2 Å². The van der Waals surface area contributed by atoms with Crippen LogP contribution in [0.5, 0.6) is 11.5 Å². The predicted octanol–water partition coefficient (Wildman–Crippen LogP) is 3.70. The molecule has 0 spiro atoms. The first kappa shape index (κ1) is 19.5. The van der Waals surface area contributed by atoms with E-state index in [1.54, 1.807) is 6.07 Å². The van der Waals surface area contributed by atoms with E-state index in [-0.39, 0.29) is 11.7 Å². The molecule has 1 fully saturated rings. The molecule has 0 radical (unpaired) electrons. The van der Waals surface area contributed by atoms with Crippen LogP contribution in [0.1, 0.15) is 45.4 Å². The SMILES string of the molecule is CCOc1ccc(NC(=O)CSc2nnc(C3CC3)n2CC)cc1OCC. The van der Waals surface area contributed by atoms with Crippen LogP contribution >= 0.6 is 11.8 Å². The summed E-state index contributed by atoms with van der Waals surface area (Å²) in [5, 5.41) is 12.3. The average molecular weight is 391 g/mol. The van der Waals surface area contributed by atoms with E-state index in [0.717, 1.165) is 17.5 Å². The molecule has 27 heavy (non-hydrogen) atoms. The Morgan fingerprint density at radius 3 is 2.59 bits per heavy atom. The predicted molar refractivity (Wildman–Crippen MR) is 106 cm³/mol. The number of aromatic nitrogens is 3.